The van der Waals surface area contributed by atoms with Gasteiger partial charge in [0.2, 0.25) is 11.8 Å². The number of carbonyl (C=O) groups excluding carboxylic acids is 2. The molecule has 0 aromatic heterocycles. The fourth-order valence-electron chi connectivity index (χ4n) is 4.04. The van der Waals surface area contributed by atoms with Gasteiger partial charge in [0, 0.05) is 32.6 Å². The number of amides is 2. The minimum atomic E-state index is -0.971. The number of nitrogens with zero attached hydrogens (tertiary/aromatic N) is 2. The standard InChI is InChI=1S/C21H28N2O4/c24-19(10-7-16-3-1-2-4-16)22-11-13-23(14-12-22)20(25)15-17-5-8-18(9-6-17)21(26)27/h5-6,8-9,16H,1-4,7,10-15H2,(H,26,27). The highest BCUT2D eigenvalue weighted by atomic mass is 16.4. The molecule has 6 nitrogen and oxygen atoms in total. The summed E-state index contributed by atoms with van der Waals surface area (Å²) in [6.45, 7) is 2.35. The minimum Gasteiger partial charge on any atom is -0.478 e. The van der Waals surface area contributed by atoms with Crippen molar-refractivity contribution in [2.45, 2.75) is 44.9 Å². The van der Waals surface area contributed by atoms with E-state index in [0.717, 1.165) is 17.9 Å². The van der Waals surface area contributed by atoms with Crippen LogP contribution in [0.3, 0.4) is 0 Å². The van der Waals surface area contributed by atoms with E-state index < -0.39 is 5.97 Å². The number of aromatic carboxylic acids is 1. The Labute approximate surface area is 160 Å². The van der Waals surface area contributed by atoms with Crippen LogP contribution in [0, 0.1) is 5.92 Å². The number of carboxylic acid groups (broad SMARTS) is 1. The van der Waals surface area contributed by atoms with Gasteiger partial charge in [-0.3, -0.25) is 9.59 Å². The number of hydrogen-bond acceptors (Lipinski definition) is 3. The number of rotatable bonds is 6. The van der Waals surface area contributed by atoms with Crippen molar-refractivity contribution in [2.75, 3.05) is 26.2 Å². The van der Waals surface area contributed by atoms with Gasteiger partial charge in [-0.1, -0.05) is 37.8 Å². The van der Waals surface area contributed by atoms with Gasteiger partial charge in [-0.2, -0.15) is 0 Å². The number of hydrogen-bond donors (Lipinski definition) is 1. The van der Waals surface area contributed by atoms with Crippen molar-refractivity contribution in [3.05, 3.63) is 35.4 Å². The molecular weight excluding hydrogens is 344 g/mol. The lowest BCUT2D eigenvalue weighted by Gasteiger charge is -2.35. The lowest BCUT2D eigenvalue weighted by Crippen LogP contribution is -2.51. The average molecular weight is 372 g/mol. The molecule has 146 valence electrons. The summed E-state index contributed by atoms with van der Waals surface area (Å²) in [5, 5.41) is 8.92. The quantitative estimate of drug-likeness (QED) is 0.832. The maximum Gasteiger partial charge on any atom is 0.335 e. The molecule has 3 rings (SSSR count). The molecule has 1 heterocycles. The van der Waals surface area contributed by atoms with Gasteiger partial charge in [0.25, 0.3) is 0 Å². The molecule has 1 aliphatic carbocycles. The summed E-state index contributed by atoms with van der Waals surface area (Å²) in [6.07, 6.45) is 7.04. The van der Waals surface area contributed by atoms with Gasteiger partial charge < -0.3 is 14.9 Å². The van der Waals surface area contributed by atoms with E-state index in [4.69, 9.17) is 5.11 Å². The summed E-state index contributed by atoms with van der Waals surface area (Å²) in [6, 6.07) is 6.41. The molecule has 2 amide bonds. The number of piperazine rings is 1. The predicted molar refractivity (Wildman–Crippen MR) is 101 cm³/mol. The minimum absolute atomic E-state index is 0.0242. The van der Waals surface area contributed by atoms with Crippen molar-refractivity contribution in [3.8, 4) is 0 Å². The van der Waals surface area contributed by atoms with E-state index in [-0.39, 0.29) is 23.8 Å². The third-order valence-electron chi connectivity index (χ3n) is 5.78. The lowest BCUT2D eigenvalue weighted by molar-refractivity contribution is -0.139. The van der Waals surface area contributed by atoms with Crippen molar-refractivity contribution in [1.82, 2.24) is 9.80 Å². The van der Waals surface area contributed by atoms with Crippen LogP contribution in [0.4, 0.5) is 0 Å². The predicted octanol–water partition coefficient (Wildman–Crippen LogP) is 2.57. The molecule has 27 heavy (non-hydrogen) atoms. The Hall–Kier alpha value is -2.37. The van der Waals surface area contributed by atoms with Gasteiger partial charge in [0.1, 0.15) is 0 Å². The van der Waals surface area contributed by atoms with Crippen molar-refractivity contribution in [1.29, 1.82) is 0 Å². The Kier molecular flexibility index (Phi) is 6.48. The van der Waals surface area contributed by atoms with E-state index >= 15 is 0 Å². The van der Waals surface area contributed by atoms with Crippen LogP contribution in [0.15, 0.2) is 24.3 Å². The molecule has 1 aliphatic heterocycles. The van der Waals surface area contributed by atoms with E-state index in [9.17, 15) is 14.4 Å². The summed E-state index contributed by atoms with van der Waals surface area (Å²) < 4.78 is 0. The monoisotopic (exact) mass is 372 g/mol. The van der Waals surface area contributed by atoms with Crippen LogP contribution in [-0.2, 0) is 16.0 Å². The van der Waals surface area contributed by atoms with Crippen molar-refractivity contribution >= 4 is 17.8 Å². The van der Waals surface area contributed by atoms with Gasteiger partial charge >= 0.3 is 5.97 Å². The lowest BCUT2D eigenvalue weighted by atomic mass is 10.0. The van der Waals surface area contributed by atoms with E-state index in [0.29, 0.717) is 32.6 Å². The number of benzene rings is 1. The fraction of sp³-hybridized carbons (Fsp3) is 0.571. The molecule has 1 saturated heterocycles. The van der Waals surface area contributed by atoms with Gasteiger partial charge in [-0.05, 0) is 30.0 Å². The zero-order chi connectivity index (χ0) is 19.2. The molecule has 1 N–H and O–H groups in total. The normalized spacial score (nSPS) is 17.9. The first-order valence-corrected chi connectivity index (χ1v) is 9.90. The molecule has 0 unspecified atom stereocenters. The van der Waals surface area contributed by atoms with E-state index in [1.807, 2.05) is 4.90 Å². The maximum atomic E-state index is 12.5. The SMILES string of the molecule is O=C(O)c1ccc(CC(=O)N2CCN(C(=O)CCC3CCCC3)CC2)cc1. The molecule has 1 aromatic rings. The highest BCUT2D eigenvalue weighted by Crippen LogP contribution is 2.28. The van der Waals surface area contributed by atoms with Gasteiger partial charge in [-0.25, -0.2) is 4.79 Å². The number of carboxylic acids is 1. The Morgan fingerprint density at radius 1 is 0.889 bits per heavy atom. The molecule has 2 aliphatic rings. The fourth-order valence-corrected chi connectivity index (χ4v) is 4.04. The van der Waals surface area contributed by atoms with Gasteiger partial charge in [-0.15, -0.1) is 0 Å². The highest BCUT2D eigenvalue weighted by Gasteiger charge is 2.25. The second kappa shape index (κ2) is 9.02. The van der Waals surface area contributed by atoms with Crippen LogP contribution >= 0.6 is 0 Å². The Bertz CT molecular complexity index is 672. The summed E-state index contributed by atoms with van der Waals surface area (Å²) >= 11 is 0. The Morgan fingerprint density at radius 3 is 2.00 bits per heavy atom. The Balaban J connectivity index is 1.41. The molecular formula is C21H28N2O4. The van der Waals surface area contributed by atoms with Crippen LogP contribution < -0.4 is 0 Å². The molecule has 0 spiro atoms. The van der Waals surface area contributed by atoms with Crippen LogP contribution in [0.1, 0.15) is 54.4 Å². The highest BCUT2D eigenvalue weighted by molar-refractivity contribution is 5.87. The molecule has 0 atom stereocenters. The van der Waals surface area contributed by atoms with Crippen molar-refractivity contribution in [2.24, 2.45) is 5.92 Å². The molecule has 1 saturated carbocycles. The van der Waals surface area contributed by atoms with Crippen LogP contribution in [-0.4, -0.2) is 58.9 Å². The summed E-state index contributed by atoms with van der Waals surface area (Å²) in [4.78, 5) is 39.4. The van der Waals surface area contributed by atoms with Crippen LogP contribution in [0.2, 0.25) is 0 Å². The van der Waals surface area contributed by atoms with Crippen molar-refractivity contribution < 1.29 is 19.5 Å². The first kappa shape index (κ1) is 19.4. The maximum absolute atomic E-state index is 12.5. The number of carbonyl (C=O) groups is 3. The first-order chi connectivity index (χ1) is 13.0. The van der Waals surface area contributed by atoms with Crippen LogP contribution in [0.25, 0.3) is 0 Å². The third kappa shape index (κ3) is 5.31. The summed E-state index contributed by atoms with van der Waals surface area (Å²) in [5.41, 5.74) is 1.02. The third-order valence-corrected chi connectivity index (χ3v) is 5.78. The van der Waals surface area contributed by atoms with Crippen molar-refractivity contribution in [3.63, 3.8) is 0 Å². The second-order valence-electron chi connectivity index (χ2n) is 7.63. The van der Waals surface area contributed by atoms with Gasteiger partial charge in [0.15, 0.2) is 0 Å². The zero-order valence-corrected chi connectivity index (χ0v) is 15.7. The van der Waals surface area contributed by atoms with E-state index in [1.54, 1.807) is 17.0 Å². The molecule has 0 bridgehead atoms. The average Bonchev–Trinajstić information content (AvgIpc) is 3.20. The van der Waals surface area contributed by atoms with Crippen LogP contribution in [0.5, 0.6) is 0 Å². The first-order valence-electron chi connectivity index (χ1n) is 9.90. The van der Waals surface area contributed by atoms with E-state index in [2.05, 4.69) is 0 Å². The summed E-state index contributed by atoms with van der Waals surface area (Å²) in [7, 11) is 0. The van der Waals surface area contributed by atoms with E-state index in [1.165, 1.54) is 37.8 Å². The molecule has 0 radical (unpaired) electrons. The largest absolute Gasteiger partial charge is 0.478 e. The molecule has 1 aromatic carbocycles. The zero-order valence-electron chi connectivity index (χ0n) is 15.7. The molecule has 6 heteroatoms. The second-order valence-corrected chi connectivity index (χ2v) is 7.63. The summed E-state index contributed by atoms with van der Waals surface area (Å²) in [5.74, 6) is 0.000294. The molecule has 2 fully saturated rings. The topological polar surface area (TPSA) is 77.9 Å². The smallest absolute Gasteiger partial charge is 0.335 e. The Morgan fingerprint density at radius 2 is 1.44 bits per heavy atom. The van der Waals surface area contributed by atoms with Gasteiger partial charge in [0.05, 0.1) is 12.0 Å².